The first kappa shape index (κ1) is 22.2. The van der Waals surface area contributed by atoms with E-state index in [1.165, 1.54) is 0 Å². The van der Waals surface area contributed by atoms with E-state index in [1.807, 2.05) is 69.3 Å². The van der Waals surface area contributed by atoms with E-state index >= 15 is 0 Å². The first-order valence-electron chi connectivity index (χ1n) is 8.90. The molecule has 0 amide bonds. The highest BCUT2D eigenvalue weighted by Gasteiger charge is 2.39. The number of allylic oxidation sites excluding steroid dienone is 1. The average molecular weight is 424 g/mol. The van der Waals surface area contributed by atoms with Crippen LogP contribution in [0.1, 0.15) is 51.2 Å². The van der Waals surface area contributed by atoms with E-state index in [1.54, 1.807) is 0 Å². The molecule has 2 aromatic carbocycles. The van der Waals surface area contributed by atoms with Gasteiger partial charge in [0, 0.05) is 16.0 Å². The molecule has 5 heteroatoms. The van der Waals surface area contributed by atoms with Gasteiger partial charge in [-0.25, -0.2) is 8.93 Å². The Hall–Kier alpha value is -1.13. The Bertz CT molecular complexity index is 814. The van der Waals surface area contributed by atoms with Crippen LogP contribution in [0.2, 0.25) is 10.0 Å². The van der Waals surface area contributed by atoms with E-state index < -0.39 is 21.3 Å². The third kappa shape index (κ3) is 5.45. The fraction of sp³-hybridized carbons (Fsp3) is 0.364. The molecule has 0 saturated carbocycles. The van der Waals surface area contributed by atoms with Crippen molar-refractivity contribution in [3.05, 3.63) is 82.4 Å². The van der Waals surface area contributed by atoms with E-state index in [9.17, 15) is 4.21 Å². The monoisotopic (exact) mass is 423 g/mol. The first-order chi connectivity index (χ1) is 12.6. The Morgan fingerprint density at radius 3 is 2.22 bits per heavy atom. The van der Waals surface area contributed by atoms with Crippen molar-refractivity contribution in [1.82, 2.24) is 4.72 Å². The highest BCUT2D eigenvalue weighted by atomic mass is 35.5. The minimum Gasteiger partial charge on any atom is -0.242 e. The summed E-state index contributed by atoms with van der Waals surface area (Å²) in [7, 11) is -1.27. The number of benzene rings is 2. The lowest BCUT2D eigenvalue weighted by molar-refractivity contribution is 0.353. The fourth-order valence-electron chi connectivity index (χ4n) is 3.07. The molecule has 0 aliphatic rings. The summed E-state index contributed by atoms with van der Waals surface area (Å²) in [5.74, 6) is -0.0128. The molecule has 2 rings (SSSR count). The Morgan fingerprint density at radius 2 is 1.70 bits per heavy atom. The predicted molar refractivity (Wildman–Crippen MR) is 119 cm³/mol. The lowest BCUT2D eigenvalue weighted by Crippen LogP contribution is -2.49. The van der Waals surface area contributed by atoms with Gasteiger partial charge in [-0.2, -0.15) is 0 Å². The van der Waals surface area contributed by atoms with Crippen LogP contribution in [0.25, 0.3) is 0 Å². The molecule has 0 heterocycles. The van der Waals surface area contributed by atoms with Crippen molar-refractivity contribution in [2.24, 2.45) is 0 Å². The number of rotatable bonds is 7. The molecule has 0 aliphatic heterocycles. The van der Waals surface area contributed by atoms with Gasteiger partial charge in [0.2, 0.25) is 0 Å². The maximum Gasteiger partial charge on any atom is 0.0978 e. The van der Waals surface area contributed by atoms with Crippen molar-refractivity contribution in [1.29, 1.82) is 0 Å². The Balaban J connectivity index is 2.62. The second-order valence-electron chi connectivity index (χ2n) is 7.82. The van der Waals surface area contributed by atoms with E-state index in [0.717, 1.165) is 11.1 Å². The van der Waals surface area contributed by atoms with Gasteiger partial charge in [-0.15, -0.1) is 6.58 Å². The highest BCUT2D eigenvalue weighted by Crippen LogP contribution is 2.41. The van der Waals surface area contributed by atoms with Crippen molar-refractivity contribution >= 4 is 34.2 Å². The quantitative estimate of drug-likeness (QED) is 0.497. The average Bonchev–Trinajstić information content (AvgIpc) is 2.59. The molecule has 27 heavy (non-hydrogen) atoms. The summed E-state index contributed by atoms with van der Waals surface area (Å²) in [6.45, 7) is 11.9. The molecule has 1 N–H and O–H groups in total. The van der Waals surface area contributed by atoms with Crippen molar-refractivity contribution in [2.45, 2.75) is 50.3 Å². The number of hydrogen-bond donors (Lipinski definition) is 1. The number of hydrogen-bond acceptors (Lipinski definition) is 1. The SMILES string of the molecule is C=CC[C@H](c1cccc(Cl)c1)[C@](C)(N[S@@](=O)C(C)(C)C)c1ccc(Cl)cc1. The van der Waals surface area contributed by atoms with Gasteiger partial charge in [-0.05, 0) is 69.5 Å². The molecule has 3 atom stereocenters. The largest absolute Gasteiger partial charge is 0.242 e. The minimum absolute atomic E-state index is 0.0128. The first-order valence-corrected chi connectivity index (χ1v) is 10.8. The van der Waals surface area contributed by atoms with Crippen LogP contribution in [0, 0.1) is 0 Å². The molecule has 0 spiro atoms. The van der Waals surface area contributed by atoms with Crippen LogP contribution in [0.15, 0.2) is 61.2 Å². The summed E-state index contributed by atoms with van der Waals surface area (Å²) >= 11 is 12.4. The second kappa shape index (κ2) is 8.91. The summed E-state index contributed by atoms with van der Waals surface area (Å²) in [6, 6.07) is 15.5. The molecule has 0 fully saturated rings. The van der Waals surface area contributed by atoms with Crippen LogP contribution in [-0.2, 0) is 16.5 Å². The molecule has 0 bridgehead atoms. The zero-order valence-corrected chi connectivity index (χ0v) is 18.6. The summed E-state index contributed by atoms with van der Waals surface area (Å²) in [5, 5.41) is 1.35. The summed E-state index contributed by atoms with van der Waals surface area (Å²) in [6.07, 6.45) is 2.59. The molecular weight excluding hydrogens is 397 g/mol. The van der Waals surface area contributed by atoms with Gasteiger partial charge < -0.3 is 0 Å². The van der Waals surface area contributed by atoms with Crippen molar-refractivity contribution in [3.8, 4) is 0 Å². The zero-order valence-electron chi connectivity index (χ0n) is 16.3. The van der Waals surface area contributed by atoms with Gasteiger partial charge in [-0.1, -0.05) is 53.5 Å². The van der Waals surface area contributed by atoms with Crippen LogP contribution < -0.4 is 4.72 Å². The van der Waals surface area contributed by atoms with Crippen LogP contribution in [-0.4, -0.2) is 8.96 Å². The van der Waals surface area contributed by atoms with Crippen molar-refractivity contribution in [2.75, 3.05) is 0 Å². The summed E-state index contributed by atoms with van der Waals surface area (Å²) in [4.78, 5) is 0. The molecule has 2 aromatic rings. The lowest BCUT2D eigenvalue weighted by atomic mass is 9.75. The molecule has 146 valence electrons. The molecule has 0 aromatic heterocycles. The molecule has 0 unspecified atom stereocenters. The Labute approximate surface area is 175 Å². The Kier molecular flexibility index (Phi) is 7.32. The van der Waals surface area contributed by atoms with Crippen LogP contribution in [0.3, 0.4) is 0 Å². The molecule has 2 nitrogen and oxygen atoms in total. The lowest BCUT2D eigenvalue weighted by Gasteiger charge is -2.40. The van der Waals surface area contributed by atoms with E-state index in [0.29, 0.717) is 16.5 Å². The zero-order chi connectivity index (χ0) is 20.2. The van der Waals surface area contributed by atoms with Gasteiger partial charge >= 0.3 is 0 Å². The Morgan fingerprint density at radius 1 is 1.07 bits per heavy atom. The number of nitrogens with one attached hydrogen (secondary N) is 1. The standard InChI is InChI=1S/C22H27Cl2NOS/c1-6-8-20(16-9-7-10-19(24)15-16)22(5,25-27(26)21(2,3)4)17-11-13-18(23)14-12-17/h6-7,9-15,20,25H,1,8H2,2-5H3/t20-,22-,27+/m1/s1. The van der Waals surface area contributed by atoms with Crippen LogP contribution in [0.4, 0.5) is 0 Å². The second-order valence-corrected chi connectivity index (χ2v) is 10.7. The third-order valence-corrected chi connectivity index (χ3v) is 6.86. The molecular formula is C22H27Cl2NOS. The van der Waals surface area contributed by atoms with E-state index in [4.69, 9.17) is 23.2 Å². The predicted octanol–water partition coefficient (Wildman–Crippen LogP) is 6.62. The van der Waals surface area contributed by atoms with Crippen LogP contribution in [0.5, 0.6) is 0 Å². The van der Waals surface area contributed by atoms with E-state index in [2.05, 4.69) is 24.3 Å². The van der Waals surface area contributed by atoms with Gasteiger partial charge in [0.15, 0.2) is 0 Å². The van der Waals surface area contributed by atoms with Gasteiger partial charge in [-0.3, -0.25) is 0 Å². The fourth-order valence-corrected chi connectivity index (χ4v) is 4.34. The minimum atomic E-state index is -1.27. The normalized spacial score (nSPS) is 16.4. The highest BCUT2D eigenvalue weighted by molar-refractivity contribution is 7.84. The molecule has 0 radical (unpaired) electrons. The smallest absolute Gasteiger partial charge is 0.0978 e. The third-order valence-electron chi connectivity index (χ3n) is 4.66. The van der Waals surface area contributed by atoms with E-state index in [-0.39, 0.29) is 5.92 Å². The van der Waals surface area contributed by atoms with Gasteiger partial charge in [0.25, 0.3) is 0 Å². The molecule has 0 aliphatic carbocycles. The van der Waals surface area contributed by atoms with Crippen molar-refractivity contribution < 1.29 is 4.21 Å². The van der Waals surface area contributed by atoms with Crippen molar-refractivity contribution in [3.63, 3.8) is 0 Å². The van der Waals surface area contributed by atoms with Gasteiger partial charge in [0.1, 0.15) is 0 Å². The van der Waals surface area contributed by atoms with Crippen LogP contribution >= 0.6 is 23.2 Å². The maximum atomic E-state index is 13.0. The summed E-state index contributed by atoms with van der Waals surface area (Å²) in [5.41, 5.74) is 1.47. The maximum absolute atomic E-state index is 13.0. The summed E-state index contributed by atoms with van der Waals surface area (Å²) < 4.78 is 16.1. The number of halogens is 2. The molecule has 0 saturated heterocycles. The topological polar surface area (TPSA) is 29.1 Å². The van der Waals surface area contributed by atoms with Gasteiger partial charge in [0.05, 0.1) is 21.3 Å².